The number of benzene rings is 1. The van der Waals surface area contributed by atoms with Crippen molar-refractivity contribution in [2.45, 2.75) is 31.8 Å². The normalized spacial score (nSPS) is 19.5. The van der Waals surface area contributed by atoms with Crippen molar-refractivity contribution >= 4 is 5.91 Å². The number of hydrogen-bond donors (Lipinski definition) is 2. The van der Waals surface area contributed by atoms with E-state index in [2.05, 4.69) is 24.1 Å². The second-order valence-electron chi connectivity index (χ2n) is 6.66. The molecule has 1 saturated heterocycles. The first-order valence-corrected chi connectivity index (χ1v) is 7.79. The number of hydrogen-bond acceptors (Lipinski definition) is 4. The van der Waals surface area contributed by atoms with E-state index in [-0.39, 0.29) is 11.4 Å². The van der Waals surface area contributed by atoms with Gasteiger partial charge in [0.05, 0.1) is 13.2 Å². The van der Waals surface area contributed by atoms with Gasteiger partial charge in [0.25, 0.3) is 0 Å². The number of morpholine rings is 1. The van der Waals surface area contributed by atoms with Gasteiger partial charge in [0.1, 0.15) is 5.54 Å². The summed E-state index contributed by atoms with van der Waals surface area (Å²) in [6.45, 7) is 9.85. The van der Waals surface area contributed by atoms with Crippen molar-refractivity contribution in [1.82, 2.24) is 10.2 Å². The van der Waals surface area contributed by atoms with Gasteiger partial charge in [-0.2, -0.15) is 0 Å². The fraction of sp³-hybridized carbons (Fsp3) is 0.588. The number of nitrogens with two attached hydrogens (primary N) is 1. The lowest BCUT2D eigenvalue weighted by molar-refractivity contribution is -0.126. The number of amides is 1. The van der Waals surface area contributed by atoms with Gasteiger partial charge in [-0.3, -0.25) is 9.69 Å². The Morgan fingerprint density at radius 3 is 2.41 bits per heavy atom. The van der Waals surface area contributed by atoms with Gasteiger partial charge in [-0.15, -0.1) is 0 Å². The molecule has 1 aromatic carbocycles. The van der Waals surface area contributed by atoms with E-state index in [1.807, 2.05) is 30.3 Å². The maximum Gasteiger partial charge on any atom is 0.244 e. The van der Waals surface area contributed by atoms with Gasteiger partial charge in [-0.25, -0.2) is 0 Å². The SMILES string of the molecule is CC(N)(C(=O)NCC(C)(C)N1CCOCC1)c1ccccc1. The molecule has 1 aliphatic heterocycles. The molecule has 0 aliphatic carbocycles. The van der Waals surface area contributed by atoms with Gasteiger partial charge >= 0.3 is 0 Å². The maximum absolute atomic E-state index is 12.5. The summed E-state index contributed by atoms with van der Waals surface area (Å²) in [7, 11) is 0. The van der Waals surface area contributed by atoms with Crippen LogP contribution in [0.3, 0.4) is 0 Å². The zero-order valence-electron chi connectivity index (χ0n) is 13.8. The molecule has 0 radical (unpaired) electrons. The third-order valence-corrected chi connectivity index (χ3v) is 4.39. The Morgan fingerprint density at radius 2 is 1.82 bits per heavy atom. The van der Waals surface area contributed by atoms with Crippen molar-refractivity contribution in [2.75, 3.05) is 32.8 Å². The highest BCUT2D eigenvalue weighted by Crippen LogP contribution is 2.19. The molecule has 0 aromatic heterocycles. The van der Waals surface area contributed by atoms with E-state index < -0.39 is 5.54 Å². The van der Waals surface area contributed by atoms with Gasteiger partial charge in [-0.05, 0) is 26.3 Å². The third-order valence-electron chi connectivity index (χ3n) is 4.39. The summed E-state index contributed by atoms with van der Waals surface area (Å²) in [6.07, 6.45) is 0. The maximum atomic E-state index is 12.5. The number of carbonyl (C=O) groups excluding carboxylic acids is 1. The number of carbonyl (C=O) groups is 1. The summed E-state index contributed by atoms with van der Waals surface area (Å²) >= 11 is 0. The topological polar surface area (TPSA) is 67.6 Å². The summed E-state index contributed by atoms with van der Waals surface area (Å²) in [4.78, 5) is 14.9. The van der Waals surface area contributed by atoms with E-state index in [1.165, 1.54) is 0 Å². The Kier molecular flexibility index (Phi) is 5.21. The largest absolute Gasteiger partial charge is 0.379 e. The van der Waals surface area contributed by atoms with Gasteiger partial charge in [0.2, 0.25) is 5.91 Å². The van der Waals surface area contributed by atoms with Crippen molar-refractivity contribution in [3.63, 3.8) is 0 Å². The first-order chi connectivity index (χ1) is 10.3. The number of ether oxygens (including phenoxy) is 1. The van der Waals surface area contributed by atoms with Crippen molar-refractivity contribution in [1.29, 1.82) is 0 Å². The highest BCUT2D eigenvalue weighted by Gasteiger charge is 2.33. The van der Waals surface area contributed by atoms with E-state index in [4.69, 9.17) is 10.5 Å². The van der Waals surface area contributed by atoms with Gasteiger partial charge < -0.3 is 15.8 Å². The van der Waals surface area contributed by atoms with Crippen LogP contribution in [0, 0.1) is 0 Å². The molecule has 5 heteroatoms. The number of nitrogens with one attached hydrogen (secondary N) is 1. The summed E-state index contributed by atoms with van der Waals surface area (Å²) in [5.41, 5.74) is 5.92. The molecule has 0 saturated carbocycles. The molecule has 0 bridgehead atoms. The predicted molar refractivity (Wildman–Crippen MR) is 87.5 cm³/mol. The molecule has 3 N–H and O–H groups in total. The van der Waals surface area contributed by atoms with Gasteiger partial charge in [0.15, 0.2) is 0 Å². The van der Waals surface area contributed by atoms with Gasteiger partial charge in [-0.1, -0.05) is 30.3 Å². The van der Waals surface area contributed by atoms with E-state index in [1.54, 1.807) is 6.92 Å². The molecule has 1 unspecified atom stereocenters. The quantitative estimate of drug-likeness (QED) is 0.854. The lowest BCUT2D eigenvalue weighted by Crippen LogP contribution is -2.58. The predicted octanol–water partition coefficient (Wildman–Crippen LogP) is 1.09. The average molecular weight is 305 g/mol. The fourth-order valence-corrected chi connectivity index (χ4v) is 2.68. The Labute approximate surface area is 132 Å². The van der Waals surface area contributed by atoms with Crippen molar-refractivity contribution < 1.29 is 9.53 Å². The second-order valence-corrected chi connectivity index (χ2v) is 6.66. The van der Waals surface area contributed by atoms with E-state index in [0.29, 0.717) is 6.54 Å². The highest BCUT2D eigenvalue weighted by molar-refractivity contribution is 5.87. The molecule has 1 amide bonds. The summed E-state index contributed by atoms with van der Waals surface area (Å²) in [5.74, 6) is -0.153. The molecule has 1 fully saturated rings. The molecule has 122 valence electrons. The molecule has 1 aromatic rings. The van der Waals surface area contributed by atoms with Crippen LogP contribution in [0.1, 0.15) is 26.3 Å². The fourth-order valence-electron chi connectivity index (χ4n) is 2.68. The first kappa shape index (κ1) is 16.9. The molecular formula is C17H27N3O2. The van der Waals surface area contributed by atoms with Crippen molar-refractivity contribution in [2.24, 2.45) is 5.73 Å². The van der Waals surface area contributed by atoms with Crippen molar-refractivity contribution in [3.8, 4) is 0 Å². The van der Waals surface area contributed by atoms with E-state index in [0.717, 1.165) is 31.9 Å². The summed E-state index contributed by atoms with van der Waals surface area (Å²) in [5, 5.41) is 3.01. The van der Waals surface area contributed by atoms with Crippen LogP contribution in [0.5, 0.6) is 0 Å². The molecule has 1 atom stereocenters. The minimum atomic E-state index is -1.03. The monoisotopic (exact) mass is 305 g/mol. The Hall–Kier alpha value is -1.43. The minimum absolute atomic E-state index is 0.119. The molecule has 22 heavy (non-hydrogen) atoms. The number of rotatable bonds is 5. The van der Waals surface area contributed by atoms with Crippen LogP contribution in [-0.2, 0) is 15.1 Å². The van der Waals surface area contributed by atoms with Gasteiger partial charge in [0, 0.05) is 25.2 Å². The van der Waals surface area contributed by atoms with Crippen LogP contribution in [0.15, 0.2) is 30.3 Å². The summed E-state index contributed by atoms with van der Waals surface area (Å²) in [6, 6.07) is 9.47. The first-order valence-electron chi connectivity index (χ1n) is 7.79. The third kappa shape index (κ3) is 3.85. The Bertz CT molecular complexity index is 494. The van der Waals surface area contributed by atoms with Crippen molar-refractivity contribution in [3.05, 3.63) is 35.9 Å². The zero-order valence-corrected chi connectivity index (χ0v) is 13.8. The summed E-state index contributed by atoms with van der Waals surface area (Å²) < 4.78 is 5.38. The van der Waals surface area contributed by atoms with E-state index in [9.17, 15) is 4.79 Å². The van der Waals surface area contributed by atoms with Crippen LogP contribution >= 0.6 is 0 Å². The van der Waals surface area contributed by atoms with Crippen LogP contribution < -0.4 is 11.1 Å². The lowest BCUT2D eigenvalue weighted by Gasteiger charge is -2.41. The molecular weight excluding hydrogens is 278 g/mol. The molecule has 1 aliphatic rings. The standard InChI is InChI=1S/C17H27N3O2/c1-16(2,20-9-11-22-12-10-20)13-19-15(21)17(3,18)14-7-5-4-6-8-14/h4-8H,9-13,18H2,1-3H3,(H,19,21). The molecule has 2 rings (SSSR count). The Balaban J connectivity index is 1.96. The average Bonchev–Trinajstić information content (AvgIpc) is 2.54. The van der Waals surface area contributed by atoms with Crippen LogP contribution in [0.25, 0.3) is 0 Å². The van der Waals surface area contributed by atoms with Crippen LogP contribution in [-0.4, -0.2) is 49.2 Å². The lowest BCUT2D eigenvalue weighted by atomic mass is 9.91. The Morgan fingerprint density at radius 1 is 1.23 bits per heavy atom. The minimum Gasteiger partial charge on any atom is -0.379 e. The second kappa shape index (κ2) is 6.77. The highest BCUT2D eigenvalue weighted by atomic mass is 16.5. The number of nitrogens with zero attached hydrogens (tertiary/aromatic N) is 1. The van der Waals surface area contributed by atoms with E-state index >= 15 is 0 Å². The molecule has 0 spiro atoms. The molecule has 1 heterocycles. The smallest absolute Gasteiger partial charge is 0.244 e. The molecule has 5 nitrogen and oxygen atoms in total. The van der Waals surface area contributed by atoms with Crippen LogP contribution in [0.4, 0.5) is 0 Å². The van der Waals surface area contributed by atoms with Crippen LogP contribution in [0.2, 0.25) is 0 Å². The zero-order chi connectivity index (χ0) is 16.2.